The van der Waals surface area contributed by atoms with E-state index in [4.69, 9.17) is 4.74 Å². The summed E-state index contributed by atoms with van der Waals surface area (Å²) < 4.78 is 7.69. The summed E-state index contributed by atoms with van der Waals surface area (Å²) in [4.78, 5) is 18.4. The molecule has 6 heteroatoms. The normalized spacial score (nSPS) is 18.0. The van der Waals surface area contributed by atoms with E-state index in [9.17, 15) is 4.79 Å². The van der Waals surface area contributed by atoms with Gasteiger partial charge in [-0.2, -0.15) is 0 Å². The van der Waals surface area contributed by atoms with Crippen LogP contribution in [0.1, 0.15) is 11.4 Å². The number of aryl methyl sites for hydroxylation is 1. The van der Waals surface area contributed by atoms with Gasteiger partial charge in [0.25, 0.3) is 0 Å². The first-order valence-electron chi connectivity index (χ1n) is 7.87. The van der Waals surface area contributed by atoms with E-state index in [0.29, 0.717) is 26.2 Å². The molecule has 2 aromatic rings. The van der Waals surface area contributed by atoms with Crippen LogP contribution in [0.5, 0.6) is 0 Å². The van der Waals surface area contributed by atoms with E-state index in [1.165, 1.54) is 5.56 Å². The number of nitrogens with zero attached hydrogens (tertiary/aromatic N) is 3. The molecule has 1 aliphatic heterocycles. The minimum absolute atomic E-state index is 0.0464. The molecule has 1 aliphatic rings. The van der Waals surface area contributed by atoms with Gasteiger partial charge < -0.3 is 19.5 Å². The average Bonchev–Trinajstić information content (AvgIpc) is 2.99. The van der Waals surface area contributed by atoms with Crippen LogP contribution in [0, 0.1) is 0 Å². The van der Waals surface area contributed by atoms with Crippen LogP contribution in [0.3, 0.4) is 0 Å². The molecule has 0 aliphatic carbocycles. The first kappa shape index (κ1) is 15.6. The van der Waals surface area contributed by atoms with Gasteiger partial charge in [-0.1, -0.05) is 30.3 Å². The molecule has 0 bridgehead atoms. The monoisotopic (exact) mass is 314 g/mol. The van der Waals surface area contributed by atoms with Gasteiger partial charge in [0, 0.05) is 39.0 Å². The third kappa shape index (κ3) is 4.10. The van der Waals surface area contributed by atoms with Gasteiger partial charge in [0.2, 0.25) is 0 Å². The predicted molar refractivity (Wildman–Crippen MR) is 86.9 cm³/mol. The van der Waals surface area contributed by atoms with Gasteiger partial charge in [-0.05, 0) is 5.56 Å². The van der Waals surface area contributed by atoms with E-state index >= 15 is 0 Å². The van der Waals surface area contributed by atoms with Crippen LogP contribution >= 0.6 is 0 Å². The molecule has 1 N–H and O–H groups in total. The lowest BCUT2D eigenvalue weighted by Gasteiger charge is -2.33. The molecule has 23 heavy (non-hydrogen) atoms. The van der Waals surface area contributed by atoms with Crippen LogP contribution in [0.15, 0.2) is 42.7 Å². The molecular weight excluding hydrogens is 292 g/mol. The molecule has 0 spiro atoms. The number of urea groups is 1. The molecule has 6 nitrogen and oxygen atoms in total. The van der Waals surface area contributed by atoms with E-state index in [-0.39, 0.29) is 12.1 Å². The Bertz CT molecular complexity index is 641. The van der Waals surface area contributed by atoms with Crippen molar-refractivity contribution >= 4 is 6.03 Å². The molecule has 1 fully saturated rings. The zero-order valence-electron chi connectivity index (χ0n) is 13.3. The maximum absolute atomic E-state index is 12.3. The van der Waals surface area contributed by atoms with Gasteiger partial charge in [-0.15, -0.1) is 0 Å². The van der Waals surface area contributed by atoms with Crippen molar-refractivity contribution in [2.45, 2.75) is 19.1 Å². The average molecular weight is 314 g/mol. The van der Waals surface area contributed by atoms with Gasteiger partial charge in [-0.3, -0.25) is 0 Å². The highest BCUT2D eigenvalue weighted by molar-refractivity contribution is 5.74. The molecule has 1 aromatic carbocycles. The molecule has 1 atom stereocenters. The van der Waals surface area contributed by atoms with Gasteiger partial charge in [0.05, 0.1) is 19.3 Å². The summed E-state index contributed by atoms with van der Waals surface area (Å²) in [5.41, 5.74) is 1.23. The topological polar surface area (TPSA) is 59.4 Å². The van der Waals surface area contributed by atoms with Crippen LogP contribution in [-0.4, -0.2) is 46.3 Å². The number of carbonyl (C=O) groups is 1. The van der Waals surface area contributed by atoms with Crippen molar-refractivity contribution < 1.29 is 9.53 Å². The Kier molecular flexibility index (Phi) is 4.92. The second kappa shape index (κ2) is 7.28. The van der Waals surface area contributed by atoms with Crippen molar-refractivity contribution in [3.8, 4) is 0 Å². The first-order valence-corrected chi connectivity index (χ1v) is 7.87. The highest BCUT2D eigenvalue weighted by atomic mass is 16.5. The Hall–Kier alpha value is -2.34. The summed E-state index contributed by atoms with van der Waals surface area (Å²) >= 11 is 0. The molecule has 2 heterocycles. The van der Waals surface area contributed by atoms with Crippen LogP contribution < -0.4 is 5.32 Å². The van der Waals surface area contributed by atoms with E-state index in [2.05, 4.69) is 22.4 Å². The molecule has 122 valence electrons. The quantitative estimate of drug-likeness (QED) is 0.932. The standard InChI is InChI=1S/C17H22N4O2/c1-20-8-7-18-16(20)12-19-17(22)21-9-10-23-15(13-21)11-14-5-3-2-4-6-14/h2-8,15H,9-13H2,1H3,(H,19,22)/t15-/m1/s1. The number of nitrogens with one attached hydrogen (secondary N) is 1. The fourth-order valence-corrected chi connectivity index (χ4v) is 2.74. The molecule has 0 radical (unpaired) electrons. The van der Waals surface area contributed by atoms with Gasteiger partial charge in [0.1, 0.15) is 5.82 Å². The molecule has 1 saturated heterocycles. The molecule has 0 saturated carbocycles. The van der Waals surface area contributed by atoms with Crippen LogP contribution in [-0.2, 0) is 24.8 Å². The van der Waals surface area contributed by atoms with Crippen LogP contribution in [0.4, 0.5) is 4.79 Å². The highest BCUT2D eigenvalue weighted by Gasteiger charge is 2.24. The number of benzene rings is 1. The van der Waals surface area contributed by atoms with Crippen molar-refractivity contribution in [2.24, 2.45) is 7.05 Å². The second-order valence-electron chi connectivity index (χ2n) is 5.74. The smallest absolute Gasteiger partial charge is 0.317 e. The number of imidazole rings is 1. The molecule has 1 aromatic heterocycles. The lowest BCUT2D eigenvalue weighted by Crippen LogP contribution is -2.50. The Morgan fingerprint density at radius 2 is 2.22 bits per heavy atom. The zero-order valence-corrected chi connectivity index (χ0v) is 13.3. The number of morpholine rings is 1. The lowest BCUT2D eigenvalue weighted by atomic mass is 10.1. The minimum atomic E-state index is -0.0608. The Morgan fingerprint density at radius 3 is 2.96 bits per heavy atom. The summed E-state index contributed by atoms with van der Waals surface area (Å²) in [6, 6.07) is 10.2. The number of hydrogen-bond acceptors (Lipinski definition) is 3. The summed E-state index contributed by atoms with van der Waals surface area (Å²) in [6.07, 6.45) is 4.47. The maximum atomic E-state index is 12.3. The fourth-order valence-electron chi connectivity index (χ4n) is 2.74. The predicted octanol–water partition coefficient (Wildman–Crippen LogP) is 1.57. The number of carbonyl (C=O) groups excluding carboxylic acids is 1. The third-order valence-electron chi connectivity index (χ3n) is 4.05. The molecule has 3 rings (SSSR count). The Morgan fingerprint density at radius 1 is 1.39 bits per heavy atom. The SMILES string of the molecule is Cn1ccnc1CNC(=O)N1CCO[C@H](Cc2ccccc2)C1. The van der Waals surface area contributed by atoms with Crippen molar-refractivity contribution in [2.75, 3.05) is 19.7 Å². The number of rotatable bonds is 4. The molecule has 2 amide bonds. The molecule has 0 unspecified atom stereocenters. The van der Waals surface area contributed by atoms with Gasteiger partial charge in [0.15, 0.2) is 0 Å². The van der Waals surface area contributed by atoms with E-state index < -0.39 is 0 Å². The van der Waals surface area contributed by atoms with Crippen LogP contribution in [0.2, 0.25) is 0 Å². The Balaban J connectivity index is 1.51. The second-order valence-corrected chi connectivity index (χ2v) is 5.74. The van der Waals surface area contributed by atoms with Gasteiger partial charge in [-0.25, -0.2) is 9.78 Å². The van der Waals surface area contributed by atoms with Crippen molar-refractivity contribution in [3.63, 3.8) is 0 Å². The van der Waals surface area contributed by atoms with E-state index in [1.807, 2.05) is 40.9 Å². The minimum Gasteiger partial charge on any atom is -0.374 e. The fraction of sp³-hybridized carbons (Fsp3) is 0.412. The van der Waals surface area contributed by atoms with Crippen LogP contribution in [0.25, 0.3) is 0 Å². The van der Waals surface area contributed by atoms with Crippen molar-refractivity contribution in [1.82, 2.24) is 19.8 Å². The zero-order chi connectivity index (χ0) is 16.1. The summed E-state index contributed by atoms with van der Waals surface area (Å²) in [5.74, 6) is 0.840. The highest BCUT2D eigenvalue weighted by Crippen LogP contribution is 2.12. The number of hydrogen-bond donors (Lipinski definition) is 1. The van der Waals surface area contributed by atoms with Crippen molar-refractivity contribution in [1.29, 1.82) is 0 Å². The number of ether oxygens (including phenoxy) is 1. The number of amides is 2. The lowest BCUT2D eigenvalue weighted by molar-refractivity contribution is -0.0133. The Labute approximate surface area is 136 Å². The third-order valence-corrected chi connectivity index (χ3v) is 4.05. The van der Waals surface area contributed by atoms with Gasteiger partial charge >= 0.3 is 6.03 Å². The van der Waals surface area contributed by atoms with E-state index in [1.54, 1.807) is 6.20 Å². The summed E-state index contributed by atoms with van der Waals surface area (Å²) in [6.45, 7) is 2.25. The molecular formula is C17H22N4O2. The summed E-state index contributed by atoms with van der Waals surface area (Å²) in [5, 5.41) is 2.93. The largest absolute Gasteiger partial charge is 0.374 e. The summed E-state index contributed by atoms with van der Waals surface area (Å²) in [7, 11) is 1.92. The maximum Gasteiger partial charge on any atom is 0.317 e. The van der Waals surface area contributed by atoms with E-state index in [0.717, 1.165) is 12.2 Å². The van der Waals surface area contributed by atoms with Crippen molar-refractivity contribution in [3.05, 3.63) is 54.1 Å². The number of aromatic nitrogens is 2. The first-order chi connectivity index (χ1) is 11.2.